The van der Waals surface area contributed by atoms with Crippen molar-refractivity contribution < 1.29 is 0 Å². The van der Waals surface area contributed by atoms with Gasteiger partial charge in [-0.1, -0.05) is 17.7 Å². The minimum Gasteiger partial charge on any atom is -0.316 e. The second kappa shape index (κ2) is 6.08. The molecule has 106 valence electrons. The zero-order chi connectivity index (χ0) is 13.9. The first kappa shape index (κ1) is 13.8. The van der Waals surface area contributed by atoms with Crippen LogP contribution in [0.2, 0.25) is 5.02 Å². The Balaban J connectivity index is 1.86. The van der Waals surface area contributed by atoms with Crippen LogP contribution in [-0.2, 0) is 6.54 Å². The number of fused-ring (bicyclic) bond motifs is 1. The third kappa shape index (κ3) is 2.80. The van der Waals surface area contributed by atoms with Crippen LogP contribution < -0.4 is 5.32 Å². The molecule has 0 aliphatic carbocycles. The second-order valence-corrected chi connectivity index (χ2v) is 5.88. The number of benzene rings is 1. The minimum atomic E-state index is 0.607. The number of halogens is 1. The molecular weight excluding hydrogens is 270 g/mol. The Morgan fingerprint density at radius 3 is 3.15 bits per heavy atom. The number of hydrogen-bond acceptors (Lipinski definition) is 3. The van der Waals surface area contributed by atoms with Gasteiger partial charge in [-0.05, 0) is 50.2 Å². The van der Waals surface area contributed by atoms with Crippen LogP contribution in [0.25, 0.3) is 10.9 Å². The van der Waals surface area contributed by atoms with Crippen molar-refractivity contribution in [3.05, 3.63) is 41.0 Å². The third-order valence-electron chi connectivity index (χ3n) is 4.11. The van der Waals surface area contributed by atoms with Gasteiger partial charge in [0.1, 0.15) is 0 Å². The van der Waals surface area contributed by atoms with Crippen LogP contribution in [-0.4, -0.2) is 36.1 Å². The Morgan fingerprint density at radius 1 is 1.40 bits per heavy atom. The lowest BCUT2D eigenvalue weighted by atomic mass is 10.0. The van der Waals surface area contributed by atoms with Gasteiger partial charge in [-0.25, -0.2) is 0 Å². The SMILES string of the molecule is CNC1CCCN(Cc2ccc(Cl)c3cccnc23)C1. The minimum absolute atomic E-state index is 0.607. The van der Waals surface area contributed by atoms with Gasteiger partial charge in [-0.2, -0.15) is 0 Å². The molecule has 4 heteroatoms. The molecule has 1 aromatic heterocycles. The molecule has 1 fully saturated rings. The van der Waals surface area contributed by atoms with Gasteiger partial charge in [-0.3, -0.25) is 9.88 Å². The van der Waals surface area contributed by atoms with Gasteiger partial charge >= 0.3 is 0 Å². The van der Waals surface area contributed by atoms with Gasteiger partial charge in [0, 0.05) is 35.7 Å². The molecule has 2 heterocycles. The predicted octanol–water partition coefficient (Wildman–Crippen LogP) is 3.07. The fraction of sp³-hybridized carbons (Fsp3) is 0.438. The molecule has 1 aromatic carbocycles. The van der Waals surface area contributed by atoms with Crippen LogP contribution in [0.15, 0.2) is 30.5 Å². The number of pyridine rings is 1. The molecule has 0 amide bonds. The van der Waals surface area contributed by atoms with Gasteiger partial charge < -0.3 is 5.32 Å². The van der Waals surface area contributed by atoms with Crippen LogP contribution in [0.4, 0.5) is 0 Å². The van der Waals surface area contributed by atoms with Crippen molar-refractivity contribution in [2.45, 2.75) is 25.4 Å². The Bertz CT molecular complexity index is 599. The summed E-state index contributed by atoms with van der Waals surface area (Å²) in [5, 5.41) is 5.22. The highest BCUT2D eigenvalue weighted by Crippen LogP contribution is 2.26. The van der Waals surface area contributed by atoms with E-state index < -0.39 is 0 Å². The van der Waals surface area contributed by atoms with Gasteiger partial charge in [0.05, 0.1) is 5.52 Å². The molecule has 1 unspecified atom stereocenters. The number of likely N-dealkylation sites (tertiary alicyclic amines) is 1. The highest BCUT2D eigenvalue weighted by molar-refractivity contribution is 6.35. The molecule has 1 aliphatic heterocycles. The number of nitrogens with zero attached hydrogens (tertiary/aromatic N) is 2. The van der Waals surface area contributed by atoms with Crippen LogP contribution in [0, 0.1) is 0 Å². The van der Waals surface area contributed by atoms with Gasteiger partial charge in [0.25, 0.3) is 0 Å². The maximum Gasteiger partial charge on any atom is 0.0761 e. The van der Waals surface area contributed by atoms with Crippen molar-refractivity contribution in [1.29, 1.82) is 0 Å². The normalized spacial score (nSPS) is 20.4. The fourth-order valence-corrected chi connectivity index (χ4v) is 3.22. The van der Waals surface area contributed by atoms with E-state index >= 15 is 0 Å². The molecule has 1 aliphatic rings. The lowest BCUT2D eigenvalue weighted by Gasteiger charge is -2.32. The van der Waals surface area contributed by atoms with E-state index in [9.17, 15) is 0 Å². The zero-order valence-electron chi connectivity index (χ0n) is 11.8. The van der Waals surface area contributed by atoms with E-state index in [4.69, 9.17) is 11.6 Å². The Morgan fingerprint density at radius 2 is 2.30 bits per heavy atom. The predicted molar refractivity (Wildman–Crippen MR) is 84.1 cm³/mol. The number of rotatable bonds is 3. The smallest absolute Gasteiger partial charge is 0.0761 e. The third-order valence-corrected chi connectivity index (χ3v) is 4.44. The molecule has 1 atom stereocenters. The summed E-state index contributed by atoms with van der Waals surface area (Å²) in [6.07, 6.45) is 4.37. The molecule has 0 saturated carbocycles. The van der Waals surface area contributed by atoms with E-state index in [1.807, 2.05) is 31.4 Å². The van der Waals surface area contributed by atoms with Gasteiger partial charge in [-0.15, -0.1) is 0 Å². The van der Waals surface area contributed by atoms with Crippen LogP contribution in [0.5, 0.6) is 0 Å². The number of aromatic nitrogens is 1. The van der Waals surface area contributed by atoms with Crippen LogP contribution in [0.3, 0.4) is 0 Å². The summed E-state index contributed by atoms with van der Waals surface area (Å²) < 4.78 is 0. The van der Waals surface area contributed by atoms with E-state index in [0.717, 1.165) is 35.6 Å². The quantitative estimate of drug-likeness (QED) is 0.941. The molecule has 3 nitrogen and oxygen atoms in total. The highest BCUT2D eigenvalue weighted by Gasteiger charge is 2.19. The number of hydrogen-bond donors (Lipinski definition) is 1. The Kier molecular flexibility index (Phi) is 4.20. The lowest BCUT2D eigenvalue weighted by molar-refractivity contribution is 0.188. The van der Waals surface area contributed by atoms with E-state index in [0.29, 0.717) is 6.04 Å². The highest BCUT2D eigenvalue weighted by atomic mass is 35.5. The first-order chi connectivity index (χ1) is 9.78. The first-order valence-corrected chi connectivity index (χ1v) is 7.57. The van der Waals surface area contributed by atoms with Crippen LogP contribution in [0.1, 0.15) is 18.4 Å². The van der Waals surface area contributed by atoms with Crippen LogP contribution >= 0.6 is 11.6 Å². The molecule has 0 bridgehead atoms. The maximum atomic E-state index is 6.25. The molecule has 1 saturated heterocycles. The summed E-state index contributed by atoms with van der Waals surface area (Å²) in [5.74, 6) is 0. The summed E-state index contributed by atoms with van der Waals surface area (Å²) in [6, 6.07) is 8.69. The summed E-state index contributed by atoms with van der Waals surface area (Å²) in [6.45, 7) is 3.21. The number of likely N-dealkylation sites (N-methyl/N-ethyl adjacent to an activating group) is 1. The van der Waals surface area contributed by atoms with Crippen molar-refractivity contribution in [2.75, 3.05) is 20.1 Å². The number of piperidine rings is 1. The molecule has 0 radical (unpaired) electrons. The average molecular weight is 290 g/mol. The summed E-state index contributed by atoms with van der Waals surface area (Å²) in [7, 11) is 2.05. The first-order valence-electron chi connectivity index (χ1n) is 7.19. The van der Waals surface area contributed by atoms with Crippen molar-refractivity contribution >= 4 is 22.5 Å². The van der Waals surface area contributed by atoms with Crippen molar-refractivity contribution in [1.82, 2.24) is 15.2 Å². The van der Waals surface area contributed by atoms with E-state index in [1.165, 1.54) is 18.4 Å². The van der Waals surface area contributed by atoms with E-state index in [2.05, 4.69) is 21.3 Å². The second-order valence-electron chi connectivity index (χ2n) is 5.47. The molecule has 1 N–H and O–H groups in total. The molecule has 0 spiro atoms. The van der Waals surface area contributed by atoms with Crippen molar-refractivity contribution in [2.24, 2.45) is 0 Å². The summed E-state index contributed by atoms with van der Waals surface area (Å²) in [4.78, 5) is 7.02. The van der Waals surface area contributed by atoms with E-state index in [1.54, 1.807) is 0 Å². The monoisotopic (exact) mass is 289 g/mol. The van der Waals surface area contributed by atoms with Crippen molar-refractivity contribution in [3.63, 3.8) is 0 Å². The fourth-order valence-electron chi connectivity index (χ4n) is 3.00. The summed E-state index contributed by atoms with van der Waals surface area (Å²) >= 11 is 6.25. The molecule has 3 rings (SSSR count). The molecule has 2 aromatic rings. The standard InChI is InChI=1S/C16H20ClN3/c1-18-13-4-3-9-20(11-13)10-12-6-7-15(17)14-5-2-8-19-16(12)14/h2,5-8,13,18H,3-4,9-11H2,1H3. The Labute approximate surface area is 124 Å². The maximum absolute atomic E-state index is 6.25. The molecular formula is C16H20ClN3. The van der Waals surface area contributed by atoms with Crippen molar-refractivity contribution in [3.8, 4) is 0 Å². The van der Waals surface area contributed by atoms with Gasteiger partial charge in [0.2, 0.25) is 0 Å². The average Bonchev–Trinajstić information content (AvgIpc) is 2.51. The van der Waals surface area contributed by atoms with E-state index in [-0.39, 0.29) is 0 Å². The van der Waals surface area contributed by atoms with Gasteiger partial charge in [0.15, 0.2) is 0 Å². The molecule has 20 heavy (non-hydrogen) atoms. The number of nitrogens with one attached hydrogen (secondary N) is 1. The largest absolute Gasteiger partial charge is 0.316 e. The lowest BCUT2D eigenvalue weighted by Crippen LogP contribution is -2.43. The summed E-state index contributed by atoms with van der Waals surface area (Å²) in [5.41, 5.74) is 2.30. The zero-order valence-corrected chi connectivity index (χ0v) is 12.5. The Hall–Kier alpha value is -1.16. The topological polar surface area (TPSA) is 28.2 Å².